The summed E-state index contributed by atoms with van der Waals surface area (Å²) in [5, 5.41) is 3.71. The van der Waals surface area contributed by atoms with Crippen LogP contribution in [0.1, 0.15) is 51.8 Å². The van der Waals surface area contributed by atoms with Gasteiger partial charge in [-0.05, 0) is 32.7 Å². The molecule has 17 heavy (non-hydrogen) atoms. The molecule has 1 unspecified atom stereocenters. The number of nitrogens with zero attached hydrogens (tertiary/aromatic N) is 2. The molecule has 2 rings (SSSR count). The number of nitrogens with one attached hydrogen (secondary N) is 1. The molecule has 0 bridgehead atoms. The lowest BCUT2D eigenvalue weighted by Gasteiger charge is -2.29. The number of imidazole rings is 1. The van der Waals surface area contributed by atoms with Crippen LogP contribution in [0.3, 0.4) is 0 Å². The molecule has 0 amide bonds. The number of hydrogen-bond acceptors (Lipinski definition) is 2. The van der Waals surface area contributed by atoms with Crippen molar-refractivity contribution in [2.45, 2.75) is 64.5 Å². The van der Waals surface area contributed by atoms with E-state index in [2.05, 4.69) is 34.9 Å². The van der Waals surface area contributed by atoms with Gasteiger partial charge in [0.25, 0.3) is 0 Å². The zero-order valence-corrected chi connectivity index (χ0v) is 11.2. The normalized spacial score (nSPS) is 25.8. The highest BCUT2D eigenvalue weighted by molar-refractivity contribution is 5.01. The minimum absolute atomic E-state index is 0.243. The number of rotatable bonds is 4. The molecule has 0 aromatic carbocycles. The van der Waals surface area contributed by atoms with Crippen LogP contribution in [0.25, 0.3) is 0 Å². The molecule has 0 saturated carbocycles. The fraction of sp³-hybridized carbons (Fsp3) is 0.786. The first-order valence-electron chi connectivity index (χ1n) is 6.98. The Morgan fingerprint density at radius 1 is 1.41 bits per heavy atom. The van der Waals surface area contributed by atoms with Gasteiger partial charge in [0, 0.05) is 30.9 Å². The van der Waals surface area contributed by atoms with E-state index in [1.54, 1.807) is 0 Å². The monoisotopic (exact) mass is 235 g/mol. The first-order valence-corrected chi connectivity index (χ1v) is 6.98. The first kappa shape index (κ1) is 12.6. The lowest BCUT2D eigenvalue weighted by atomic mass is 9.92. The SMILES string of the molecule is CCCn1ccnc1CC1(C)CCCCCN1. The Bertz CT molecular complexity index is 335. The van der Waals surface area contributed by atoms with Crippen LogP contribution in [-0.2, 0) is 13.0 Å². The van der Waals surface area contributed by atoms with Crippen LogP contribution in [0.4, 0.5) is 0 Å². The second kappa shape index (κ2) is 5.67. The average Bonchev–Trinajstić information content (AvgIpc) is 2.60. The lowest BCUT2D eigenvalue weighted by Crippen LogP contribution is -2.44. The summed E-state index contributed by atoms with van der Waals surface area (Å²) in [7, 11) is 0. The van der Waals surface area contributed by atoms with Crippen molar-refractivity contribution in [1.29, 1.82) is 0 Å². The fourth-order valence-corrected chi connectivity index (χ4v) is 2.75. The van der Waals surface area contributed by atoms with Crippen LogP contribution in [-0.4, -0.2) is 21.6 Å². The second-order valence-electron chi connectivity index (χ2n) is 5.51. The van der Waals surface area contributed by atoms with Crippen molar-refractivity contribution in [3.8, 4) is 0 Å². The molecule has 96 valence electrons. The van der Waals surface area contributed by atoms with Crippen molar-refractivity contribution in [3.63, 3.8) is 0 Å². The summed E-state index contributed by atoms with van der Waals surface area (Å²) < 4.78 is 2.30. The largest absolute Gasteiger partial charge is 0.335 e. The van der Waals surface area contributed by atoms with E-state index in [1.165, 1.54) is 37.9 Å². The van der Waals surface area contributed by atoms with E-state index >= 15 is 0 Å². The Balaban J connectivity index is 2.04. The summed E-state index contributed by atoms with van der Waals surface area (Å²) in [6.07, 6.45) is 11.6. The van der Waals surface area contributed by atoms with Gasteiger partial charge in [-0.3, -0.25) is 0 Å². The highest BCUT2D eigenvalue weighted by atomic mass is 15.1. The maximum absolute atomic E-state index is 4.53. The summed E-state index contributed by atoms with van der Waals surface area (Å²) in [6, 6.07) is 0. The van der Waals surface area contributed by atoms with Crippen LogP contribution in [0.2, 0.25) is 0 Å². The van der Waals surface area contributed by atoms with Gasteiger partial charge in [0.05, 0.1) is 0 Å². The molecular formula is C14H25N3. The summed E-state index contributed by atoms with van der Waals surface area (Å²) >= 11 is 0. The molecule has 0 radical (unpaired) electrons. The first-order chi connectivity index (χ1) is 8.23. The molecule has 0 spiro atoms. The van der Waals surface area contributed by atoms with E-state index in [4.69, 9.17) is 0 Å². The Kier molecular flexibility index (Phi) is 4.21. The third kappa shape index (κ3) is 3.32. The fourth-order valence-electron chi connectivity index (χ4n) is 2.75. The second-order valence-corrected chi connectivity index (χ2v) is 5.51. The summed E-state index contributed by atoms with van der Waals surface area (Å²) in [4.78, 5) is 4.53. The number of aryl methyl sites for hydroxylation is 1. The molecule has 1 fully saturated rings. The highest BCUT2D eigenvalue weighted by Gasteiger charge is 2.26. The van der Waals surface area contributed by atoms with Gasteiger partial charge in [0.2, 0.25) is 0 Å². The zero-order chi connectivity index (χ0) is 12.1. The van der Waals surface area contributed by atoms with Gasteiger partial charge >= 0.3 is 0 Å². The molecule has 1 N–H and O–H groups in total. The van der Waals surface area contributed by atoms with Crippen molar-refractivity contribution in [3.05, 3.63) is 18.2 Å². The van der Waals surface area contributed by atoms with E-state index in [9.17, 15) is 0 Å². The number of hydrogen-bond donors (Lipinski definition) is 1. The van der Waals surface area contributed by atoms with Crippen molar-refractivity contribution in [2.24, 2.45) is 0 Å². The Morgan fingerprint density at radius 3 is 3.12 bits per heavy atom. The van der Waals surface area contributed by atoms with Crippen LogP contribution in [0.15, 0.2) is 12.4 Å². The third-order valence-corrected chi connectivity index (χ3v) is 3.77. The van der Waals surface area contributed by atoms with Gasteiger partial charge < -0.3 is 9.88 Å². The minimum atomic E-state index is 0.243. The highest BCUT2D eigenvalue weighted by Crippen LogP contribution is 2.22. The Labute approximate surface area is 105 Å². The molecular weight excluding hydrogens is 210 g/mol. The van der Waals surface area contributed by atoms with Gasteiger partial charge in [0.15, 0.2) is 0 Å². The Morgan fingerprint density at radius 2 is 2.29 bits per heavy atom. The molecule has 1 atom stereocenters. The van der Waals surface area contributed by atoms with Gasteiger partial charge in [-0.25, -0.2) is 4.98 Å². The van der Waals surface area contributed by atoms with Gasteiger partial charge in [-0.1, -0.05) is 19.8 Å². The van der Waals surface area contributed by atoms with Crippen LogP contribution >= 0.6 is 0 Å². The zero-order valence-electron chi connectivity index (χ0n) is 11.2. The Hall–Kier alpha value is -0.830. The quantitative estimate of drug-likeness (QED) is 0.869. The van der Waals surface area contributed by atoms with E-state index in [0.29, 0.717) is 0 Å². The van der Waals surface area contributed by atoms with Crippen LogP contribution in [0, 0.1) is 0 Å². The van der Waals surface area contributed by atoms with E-state index in [-0.39, 0.29) is 5.54 Å². The van der Waals surface area contributed by atoms with Crippen LogP contribution in [0.5, 0.6) is 0 Å². The van der Waals surface area contributed by atoms with Crippen molar-refractivity contribution in [1.82, 2.24) is 14.9 Å². The average molecular weight is 235 g/mol. The summed E-state index contributed by atoms with van der Waals surface area (Å²) in [5.74, 6) is 1.24. The summed E-state index contributed by atoms with van der Waals surface area (Å²) in [6.45, 7) is 6.81. The van der Waals surface area contributed by atoms with Crippen LogP contribution < -0.4 is 5.32 Å². The van der Waals surface area contributed by atoms with E-state index in [0.717, 1.165) is 19.5 Å². The lowest BCUT2D eigenvalue weighted by molar-refractivity contribution is 0.334. The maximum Gasteiger partial charge on any atom is 0.110 e. The van der Waals surface area contributed by atoms with E-state index in [1.807, 2.05) is 6.20 Å². The smallest absolute Gasteiger partial charge is 0.110 e. The molecule has 1 aliphatic heterocycles. The van der Waals surface area contributed by atoms with Gasteiger partial charge in [-0.15, -0.1) is 0 Å². The molecule has 0 aliphatic carbocycles. The molecule has 3 nitrogen and oxygen atoms in total. The minimum Gasteiger partial charge on any atom is -0.335 e. The van der Waals surface area contributed by atoms with Crippen molar-refractivity contribution >= 4 is 0 Å². The molecule has 3 heteroatoms. The predicted molar refractivity (Wildman–Crippen MR) is 71.1 cm³/mol. The predicted octanol–water partition coefficient (Wildman–Crippen LogP) is 2.76. The number of aromatic nitrogens is 2. The standard InChI is InChI=1S/C14H25N3/c1-3-10-17-11-9-15-13(17)12-14(2)7-5-4-6-8-16-14/h9,11,16H,3-8,10,12H2,1-2H3. The summed E-state index contributed by atoms with van der Waals surface area (Å²) in [5.41, 5.74) is 0.243. The van der Waals surface area contributed by atoms with E-state index < -0.39 is 0 Å². The van der Waals surface area contributed by atoms with Crippen molar-refractivity contribution in [2.75, 3.05) is 6.54 Å². The maximum atomic E-state index is 4.53. The third-order valence-electron chi connectivity index (χ3n) is 3.77. The molecule has 2 heterocycles. The van der Waals surface area contributed by atoms with Crippen molar-refractivity contribution < 1.29 is 0 Å². The molecule has 1 aromatic rings. The van der Waals surface area contributed by atoms with Gasteiger partial charge in [-0.2, -0.15) is 0 Å². The molecule has 1 aromatic heterocycles. The topological polar surface area (TPSA) is 29.9 Å². The molecule has 1 saturated heterocycles. The van der Waals surface area contributed by atoms with Gasteiger partial charge in [0.1, 0.15) is 5.82 Å². The molecule has 1 aliphatic rings.